The highest BCUT2D eigenvalue weighted by Gasteiger charge is 2.31. The van der Waals surface area contributed by atoms with Crippen molar-refractivity contribution in [3.63, 3.8) is 0 Å². The maximum atomic E-state index is 13.2. The molecule has 9 heteroatoms. The predicted octanol–water partition coefficient (Wildman–Crippen LogP) is 2.58. The molecule has 1 amide bonds. The summed E-state index contributed by atoms with van der Waals surface area (Å²) < 4.78 is 11.0. The monoisotopic (exact) mass is 463 g/mol. The van der Waals surface area contributed by atoms with E-state index in [1.807, 2.05) is 23.1 Å². The Hall–Kier alpha value is -3.85. The van der Waals surface area contributed by atoms with Gasteiger partial charge in [-0.1, -0.05) is 0 Å². The number of aliphatic carboxylic acids is 1. The van der Waals surface area contributed by atoms with E-state index >= 15 is 0 Å². The quantitative estimate of drug-likeness (QED) is 0.442. The van der Waals surface area contributed by atoms with Gasteiger partial charge in [0, 0.05) is 41.5 Å². The number of carboxylic acids is 1. The molecule has 34 heavy (non-hydrogen) atoms. The Morgan fingerprint density at radius 1 is 1.09 bits per heavy atom. The van der Waals surface area contributed by atoms with Gasteiger partial charge in [-0.2, -0.15) is 0 Å². The smallest absolute Gasteiger partial charge is 0.317 e. The van der Waals surface area contributed by atoms with E-state index in [1.54, 1.807) is 18.2 Å². The Bertz CT molecular complexity index is 1210. The van der Waals surface area contributed by atoms with Crippen LogP contribution < -0.4 is 20.1 Å². The number of hydrogen-bond acceptors (Lipinski definition) is 7. The van der Waals surface area contributed by atoms with Gasteiger partial charge < -0.3 is 25.2 Å². The molecule has 0 bridgehead atoms. The summed E-state index contributed by atoms with van der Waals surface area (Å²) in [7, 11) is 0. The first-order valence-corrected chi connectivity index (χ1v) is 11.2. The lowest BCUT2D eigenvalue weighted by Crippen LogP contribution is -2.43. The SMILES string of the molecule is CC(=O)c1ccc2c(c1)C(=C(NC1CCN(CC(=O)O)CC1)c1ccc3c(c1)OCO3)C(=O)N2. The molecule has 1 saturated heterocycles. The summed E-state index contributed by atoms with van der Waals surface area (Å²) in [5.41, 5.74) is 3.72. The van der Waals surface area contributed by atoms with Crippen LogP contribution in [-0.4, -0.2) is 60.1 Å². The van der Waals surface area contributed by atoms with E-state index < -0.39 is 5.97 Å². The molecule has 3 aliphatic heterocycles. The number of fused-ring (bicyclic) bond motifs is 2. The molecule has 0 spiro atoms. The molecule has 2 aromatic carbocycles. The zero-order valence-electron chi connectivity index (χ0n) is 18.7. The van der Waals surface area contributed by atoms with Gasteiger partial charge in [0.1, 0.15) is 0 Å². The van der Waals surface area contributed by atoms with E-state index in [0.717, 1.165) is 18.4 Å². The minimum absolute atomic E-state index is 0.0203. The zero-order chi connectivity index (χ0) is 23.8. The topological polar surface area (TPSA) is 117 Å². The van der Waals surface area contributed by atoms with Crippen LogP contribution >= 0.6 is 0 Å². The van der Waals surface area contributed by atoms with Crippen molar-refractivity contribution in [1.29, 1.82) is 0 Å². The second-order valence-electron chi connectivity index (χ2n) is 8.68. The van der Waals surface area contributed by atoms with Gasteiger partial charge in [0.15, 0.2) is 17.3 Å². The van der Waals surface area contributed by atoms with E-state index in [1.165, 1.54) is 6.92 Å². The number of carboxylic acid groups (broad SMARTS) is 1. The van der Waals surface area contributed by atoms with Gasteiger partial charge in [-0.05, 0) is 56.2 Å². The molecule has 3 heterocycles. The largest absolute Gasteiger partial charge is 0.480 e. The second-order valence-corrected chi connectivity index (χ2v) is 8.68. The van der Waals surface area contributed by atoms with Crippen LogP contribution in [0.25, 0.3) is 11.3 Å². The summed E-state index contributed by atoms with van der Waals surface area (Å²) in [5, 5.41) is 15.5. The number of hydrogen-bond donors (Lipinski definition) is 3. The van der Waals surface area contributed by atoms with E-state index in [9.17, 15) is 14.4 Å². The van der Waals surface area contributed by atoms with Crippen molar-refractivity contribution in [2.75, 3.05) is 31.7 Å². The summed E-state index contributed by atoms with van der Waals surface area (Å²) in [6.07, 6.45) is 1.47. The average molecular weight is 463 g/mol. The number of Topliss-reactive ketones (excluding diaryl/α,β-unsaturated/α-hetero) is 1. The third-order valence-corrected chi connectivity index (χ3v) is 6.38. The third kappa shape index (κ3) is 4.22. The van der Waals surface area contributed by atoms with Gasteiger partial charge >= 0.3 is 5.97 Å². The van der Waals surface area contributed by atoms with E-state index in [4.69, 9.17) is 14.6 Å². The van der Waals surface area contributed by atoms with Crippen molar-refractivity contribution >= 4 is 34.6 Å². The van der Waals surface area contributed by atoms with E-state index in [-0.39, 0.29) is 31.1 Å². The third-order valence-electron chi connectivity index (χ3n) is 6.38. The Balaban J connectivity index is 1.54. The van der Waals surface area contributed by atoms with Crippen LogP contribution in [0.15, 0.2) is 36.4 Å². The number of amides is 1. The Labute approximate surface area is 196 Å². The first-order chi connectivity index (χ1) is 16.4. The molecular weight excluding hydrogens is 438 g/mol. The van der Waals surface area contributed by atoms with Crippen molar-refractivity contribution < 1.29 is 29.0 Å². The highest BCUT2D eigenvalue weighted by atomic mass is 16.7. The minimum Gasteiger partial charge on any atom is -0.480 e. The van der Waals surface area contributed by atoms with Crippen LogP contribution in [-0.2, 0) is 9.59 Å². The molecular formula is C25H25N3O6. The molecule has 0 unspecified atom stereocenters. The maximum absolute atomic E-state index is 13.2. The molecule has 0 atom stereocenters. The molecule has 1 fully saturated rings. The number of ether oxygens (including phenoxy) is 2. The van der Waals surface area contributed by atoms with Gasteiger partial charge in [-0.15, -0.1) is 0 Å². The summed E-state index contributed by atoms with van der Waals surface area (Å²) in [6.45, 7) is 2.95. The average Bonchev–Trinajstić information content (AvgIpc) is 3.40. The van der Waals surface area contributed by atoms with Crippen molar-refractivity contribution in [2.45, 2.75) is 25.8 Å². The van der Waals surface area contributed by atoms with Gasteiger partial charge in [-0.25, -0.2) is 0 Å². The van der Waals surface area contributed by atoms with Gasteiger partial charge in [0.25, 0.3) is 5.91 Å². The van der Waals surface area contributed by atoms with Gasteiger partial charge in [-0.3, -0.25) is 19.3 Å². The number of carbonyl (C=O) groups excluding carboxylic acids is 2. The first-order valence-electron chi connectivity index (χ1n) is 11.2. The van der Waals surface area contributed by atoms with Gasteiger partial charge in [0.2, 0.25) is 6.79 Å². The molecule has 0 radical (unpaired) electrons. The minimum atomic E-state index is -0.838. The summed E-state index contributed by atoms with van der Waals surface area (Å²) in [4.78, 5) is 38.1. The second kappa shape index (κ2) is 8.83. The Kier molecular flexibility index (Phi) is 5.70. The molecule has 176 valence electrons. The maximum Gasteiger partial charge on any atom is 0.317 e. The standard InChI is InChI=1S/C25H25N3O6/c1-14(29)15-2-4-19-18(10-15)23(25(32)27-19)24(16-3-5-20-21(11-16)34-13-33-20)26-17-6-8-28(9-7-17)12-22(30)31/h2-5,10-11,17,26H,6-9,12-13H2,1H3,(H,27,32)(H,30,31). The fraction of sp³-hybridized carbons (Fsp3) is 0.320. The van der Waals surface area contributed by atoms with Gasteiger partial charge in [0.05, 0.1) is 17.8 Å². The van der Waals surface area contributed by atoms with Crippen LogP contribution in [0.5, 0.6) is 11.5 Å². The number of benzene rings is 2. The number of likely N-dealkylation sites (tertiary alicyclic amines) is 1. The highest BCUT2D eigenvalue weighted by molar-refractivity contribution is 6.36. The van der Waals surface area contributed by atoms with Crippen LogP contribution in [0.4, 0.5) is 5.69 Å². The normalized spacial score (nSPS) is 18.9. The summed E-state index contributed by atoms with van der Waals surface area (Å²) in [5.74, 6) is 0.0779. The molecule has 3 N–H and O–H groups in total. The summed E-state index contributed by atoms with van der Waals surface area (Å²) >= 11 is 0. The van der Waals surface area contributed by atoms with Crippen molar-refractivity contribution in [1.82, 2.24) is 10.2 Å². The number of anilines is 1. The van der Waals surface area contributed by atoms with E-state index in [0.29, 0.717) is 52.7 Å². The number of piperidine rings is 1. The Morgan fingerprint density at radius 3 is 2.56 bits per heavy atom. The molecule has 3 aliphatic rings. The number of ketones is 1. The van der Waals surface area contributed by atoms with Crippen LogP contribution in [0.1, 0.15) is 41.3 Å². The molecule has 5 rings (SSSR count). The van der Waals surface area contributed by atoms with Crippen LogP contribution in [0.2, 0.25) is 0 Å². The number of carbonyl (C=O) groups is 3. The lowest BCUT2D eigenvalue weighted by Gasteiger charge is -2.32. The lowest BCUT2D eigenvalue weighted by molar-refractivity contribution is -0.138. The number of rotatable bonds is 6. The van der Waals surface area contributed by atoms with Crippen molar-refractivity contribution in [2.24, 2.45) is 0 Å². The number of nitrogens with one attached hydrogen (secondary N) is 2. The number of nitrogens with zero attached hydrogens (tertiary/aromatic N) is 1. The highest BCUT2D eigenvalue weighted by Crippen LogP contribution is 2.40. The lowest BCUT2D eigenvalue weighted by atomic mass is 9.96. The fourth-order valence-corrected chi connectivity index (χ4v) is 4.62. The first kappa shape index (κ1) is 22.0. The zero-order valence-corrected chi connectivity index (χ0v) is 18.7. The van der Waals surface area contributed by atoms with Crippen LogP contribution in [0, 0.1) is 0 Å². The molecule has 9 nitrogen and oxygen atoms in total. The summed E-state index contributed by atoms with van der Waals surface area (Å²) in [6, 6.07) is 10.8. The van der Waals surface area contributed by atoms with Crippen LogP contribution in [0.3, 0.4) is 0 Å². The molecule has 0 aromatic heterocycles. The van der Waals surface area contributed by atoms with E-state index in [2.05, 4.69) is 10.6 Å². The molecule has 0 aliphatic carbocycles. The predicted molar refractivity (Wildman–Crippen MR) is 125 cm³/mol. The molecule has 0 saturated carbocycles. The van der Waals surface area contributed by atoms with Crippen molar-refractivity contribution in [3.05, 3.63) is 53.1 Å². The molecule has 2 aromatic rings. The fourth-order valence-electron chi connectivity index (χ4n) is 4.62. The van der Waals surface area contributed by atoms with Crippen molar-refractivity contribution in [3.8, 4) is 11.5 Å². The Morgan fingerprint density at radius 2 is 1.82 bits per heavy atom.